The molecule has 3 aromatic carbocycles. The van der Waals surface area contributed by atoms with Gasteiger partial charge in [-0.2, -0.15) is 4.72 Å². The summed E-state index contributed by atoms with van der Waals surface area (Å²) in [5.74, 6) is 0. The number of sulfonamides is 1. The molecule has 3 aromatic rings. The SMILES string of the molecule is CN(C)c1ccc2c3c(cccc13)S(=O)(=O)NC2c1ccc([N+](=O)[O-])cc1. The molecule has 8 heteroatoms. The molecule has 1 N–H and O–H groups in total. The lowest BCUT2D eigenvalue weighted by Gasteiger charge is -2.29. The van der Waals surface area contributed by atoms with Crippen molar-refractivity contribution in [3.05, 3.63) is 75.8 Å². The van der Waals surface area contributed by atoms with E-state index in [0.29, 0.717) is 10.9 Å². The smallest absolute Gasteiger partial charge is 0.269 e. The summed E-state index contributed by atoms with van der Waals surface area (Å²) in [6.07, 6.45) is 0. The first-order valence-electron chi connectivity index (χ1n) is 8.29. The third-order valence-electron chi connectivity index (χ3n) is 4.80. The number of hydrogen-bond donors (Lipinski definition) is 1. The standard InChI is InChI=1S/C19H17N3O4S/c1-21(2)16-11-10-15-18-14(16)4-3-5-17(18)27(25,26)20-19(15)12-6-8-13(9-7-12)22(23)24/h3-11,19-20H,1-2H3. The number of hydrogen-bond acceptors (Lipinski definition) is 5. The monoisotopic (exact) mass is 383 g/mol. The molecule has 7 nitrogen and oxygen atoms in total. The molecule has 0 saturated carbocycles. The van der Waals surface area contributed by atoms with Crippen molar-refractivity contribution in [3.8, 4) is 0 Å². The van der Waals surface area contributed by atoms with Crippen LogP contribution in [0.3, 0.4) is 0 Å². The van der Waals surface area contributed by atoms with Gasteiger partial charge in [0, 0.05) is 42.7 Å². The van der Waals surface area contributed by atoms with Gasteiger partial charge in [0.1, 0.15) is 0 Å². The lowest BCUT2D eigenvalue weighted by molar-refractivity contribution is -0.384. The van der Waals surface area contributed by atoms with E-state index in [2.05, 4.69) is 4.72 Å². The van der Waals surface area contributed by atoms with Crippen LogP contribution in [0.4, 0.5) is 11.4 Å². The summed E-state index contributed by atoms with van der Waals surface area (Å²) >= 11 is 0. The number of nitro benzene ring substituents is 1. The first kappa shape index (κ1) is 17.4. The molecule has 27 heavy (non-hydrogen) atoms. The number of nitrogens with zero attached hydrogens (tertiary/aromatic N) is 2. The van der Waals surface area contributed by atoms with Crippen LogP contribution in [0, 0.1) is 10.1 Å². The Morgan fingerprint density at radius 3 is 2.37 bits per heavy atom. The molecule has 0 bridgehead atoms. The number of rotatable bonds is 3. The molecular formula is C19H17N3O4S. The van der Waals surface area contributed by atoms with Crippen molar-refractivity contribution in [1.82, 2.24) is 4.72 Å². The number of anilines is 1. The van der Waals surface area contributed by atoms with Crippen molar-refractivity contribution in [2.75, 3.05) is 19.0 Å². The van der Waals surface area contributed by atoms with Gasteiger partial charge in [0.15, 0.2) is 0 Å². The fraction of sp³-hybridized carbons (Fsp3) is 0.158. The predicted molar refractivity (Wildman–Crippen MR) is 104 cm³/mol. The van der Waals surface area contributed by atoms with Crippen molar-refractivity contribution in [2.45, 2.75) is 10.9 Å². The zero-order valence-corrected chi connectivity index (χ0v) is 15.5. The van der Waals surface area contributed by atoms with Crippen LogP contribution in [0.1, 0.15) is 17.2 Å². The van der Waals surface area contributed by atoms with E-state index >= 15 is 0 Å². The van der Waals surface area contributed by atoms with Gasteiger partial charge in [-0.3, -0.25) is 10.1 Å². The average Bonchev–Trinajstić information content (AvgIpc) is 2.64. The minimum Gasteiger partial charge on any atom is -0.377 e. The molecule has 0 aromatic heterocycles. The van der Waals surface area contributed by atoms with Gasteiger partial charge in [0.25, 0.3) is 5.69 Å². The Morgan fingerprint density at radius 2 is 1.74 bits per heavy atom. The van der Waals surface area contributed by atoms with Gasteiger partial charge in [-0.25, -0.2) is 8.42 Å². The molecule has 0 spiro atoms. The molecule has 1 unspecified atom stereocenters. The van der Waals surface area contributed by atoms with Gasteiger partial charge in [-0.05, 0) is 23.3 Å². The summed E-state index contributed by atoms with van der Waals surface area (Å²) in [5.41, 5.74) is 2.37. The highest BCUT2D eigenvalue weighted by atomic mass is 32.2. The van der Waals surface area contributed by atoms with Gasteiger partial charge in [0.2, 0.25) is 10.0 Å². The summed E-state index contributed by atoms with van der Waals surface area (Å²) in [6, 6.07) is 14.4. The highest BCUT2D eigenvalue weighted by Crippen LogP contribution is 2.41. The van der Waals surface area contributed by atoms with Crippen LogP contribution in [-0.4, -0.2) is 27.4 Å². The molecule has 0 fully saturated rings. The van der Waals surface area contributed by atoms with Gasteiger partial charge in [-0.15, -0.1) is 0 Å². The summed E-state index contributed by atoms with van der Waals surface area (Å²) in [5, 5.41) is 12.4. The van der Waals surface area contributed by atoms with Crippen molar-refractivity contribution in [3.63, 3.8) is 0 Å². The summed E-state index contributed by atoms with van der Waals surface area (Å²) in [4.78, 5) is 12.6. The number of non-ortho nitro benzene ring substituents is 1. The highest BCUT2D eigenvalue weighted by molar-refractivity contribution is 7.89. The molecule has 0 aliphatic carbocycles. The quantitative estimate of drug-likeness (QED) is 0.554. The second-order valence-electron chi connectivity index (χ2n) is 6.65. The van der Waals surface area contributed by atoms with E-state index in [1.165, 1.54) is 12.1 Å². The van der Waals surface area contributed by atoms with E-state index in [4.69, 9.17) is 0 Å². The molecule has 4 rings (SSSR count). The van der Waals surface area contributed by atoms with Gasteiger partial charge < -0.3 is 4.90 Å². The molecule has 0 amide bonds. The van der Waals surface area contributed by atoms with Crippen LogP contribution >= 0.6 is 0 Å². The van der Waals surface area contributed by atoms with Crippen molar-refractivity contribution < 1.29 is 13.3 Å². The summed E-state index contributed by atoms with van der Waals surface area (Å²) in [7, 11) is 0.103. The highest BCUT2D eigenvalue weighted by Gasteiger charge is 2.33. The van der Waals surface area contributed by atoms with Crippen molar-refractivity contribution in [1.29, 1.82) is 0 Å². The van der Waals surface area contributed by atoms with Crippen LogP contribution in [0.5, 0.6) is 0 Å². The minimum absolute atomic E-state index is 0.0362. The molecule has 1 heterocycles. The molecule has 1 aliphatic rings. The summed E-state index contributed by atoms with van der Waals surface area (Å²) in [6.45, 7) is 0. The third kappa shape index (κ3) is 2.73. The van der Waals surface area contributed by atoms with Crippen LogP contribution in [0.15, 0.2) is 59.5 Å². The van der Waals surface area contributed by atoms with E-state index in [1.807, 2.05) is 37.2 Å². The third-order valence-corrected chi connectivity index (χ3v) is 6.27. The molecular weight excluding hydrogens is 366 g/mol. The Morgan fingerprint density at radius 1 is 1.04 bits per heavy atom. The van der Waals surface area contributed by atoms with E-state index in [9.17, 15) is 18.5 Å². The normalized spacial score (nSPS) is 17.6. The largest absolute Gasteiger partial charge is 0.377 e. The van der Waals surface area contributed by atoms with Gasteiger partial charge in [0.05, 0.1) is 15.9 Å². The zero-order valence-electron chi connectivity index (χ0n) is 14.7. The van der Waals surface area contributed by atoms with Crippen LogP contribution < -0.4 is 9.62 Å². The molecule has 0 saturated heterocycles. The molecule has 1 aliphatic heterocycles. The second kappa shape index (κ2) is 6.04. The fourth-order valence-corrected chi connectivity index (χ4v) is 5.01. The van der Waals surface area contributed by atoms with E-state index < -0.39 is 21.0 Å². The minimum atomic E-state index is -3.72. The maximum atomic E-state index is 12.9. The second-order valence-corrected chi connectivity index (χ2v) is 8.33. The maximum absolute atomic E-state index is 12.9. The average molecular weight is 383 g/mol. The fourth-order valence-electron chi connectivity index (χ4n) is 3.56. The van der Waals surface area contributed by atoms with Crippen LogP contribution in [-0.2, 0) is 10.0 Å². The van der Waals surface area contributed by atoms with Crippen molar-refractivity contribution >= 4 is 32.2 Å². The first-order valence-corrected chi connectivity index (χ1v) is 9.77. The Labute approximate surface area is 156 Å². The zero-order chi connectivity index (χ0) is 19.3. The molecule has 0 radical (unpaired) electrons. The van der Waals surface area contributed by atoms with E-state index in [-0.39, 0.29) is 10.6 Å². The van der Waals surface area contributed by atoms with Crippen molar-refractivity contribution in [2.24, 2.45) is 0 Å². The molecule has 1 atom stereocenters. The Bertz CT molecular complexity index is 1170. The maximum Gasteiger partial charge on any atom is 0.269 e. The topological polar surface area (TPSA) is 92.6 Å². The number of benzene rings is 3. The van der Waals surface area contributed by atoms with E-state index in [0.717, 1.165) is 16.6 Å². The Balaban J connectivity index is 1.99. The van der Waals surface area contributed by atoms with Gasteiger partial charge >= 0.3 is 0 Å². The lowest BCUT2D eigenvalue weighted by Crippen LogP contribution is -2.33. The Hall–Kier alpha value is -2.97. The van der Waals surface area contributed by atoms with Gasteiger partial charge in [-0.1, -0.05) is 30.3 Å². The van der Waals surface area contributed by atoms with Crippen LogP contribution in [0.25, 0.3) is 10.8 Å². The number of nitrogens with one attached hydrogen (secondary N) is 1. The lowest BCUT2D eigenvalue weighted by atomic mass is 9.93. The first-order chi connectivity index (χ1) is 12.8. The van der Waals surface area contributed by atoms with Crippen LogP contribution in [0.2, 0.25) is 0 Å². The van der Waals surface area contributed by atoms with E-state index in [1.54, 1.807) is 24.3 Å². The number of nitro groups is 1. The Kier molecular flexibility index (Phi) is 3.90. The molecule has 138 valence electrons. The predicted octanol–water partition coefficient (Wildman–Crippen LogP) is 3.20. The summed E-state index contributed by atoms with van der Waals surface area (Å²) < 4.78 is 28.4.